The number of ether oxygens (including phenoxy) is 2. The van der Waals surface area contributed by atoms with Gasteiger partial charge in [-0.25, -0.2) is 0 Å². The normalized spacial score (nSPS) is 13.7. The maximum Gasteiger partial charge on any atom is 0.306 e. The van der Waals surface area contributed by atoms with Crippen molar-refractivity contribution in [1.29, 1.82) is 0 Å². The van der Waals surface area contributed by atoms with Crippen LogP contribution in [0.3, 0.4) is 0 Å². The molecule has 9 nitrogen and oxygen atoms in total. The molecule has 0 aliphatic rings. The van der Waals surface area contributed by atoms with Crippen LogP contribution >= 0.6 is 7.82 Å². The molecule has 2 atom stereocenters. The highest BCUT2D eigenvalue weighted by molar-refractivity contribution is 7.45. The van der Waals surface area contributed by atoms with Gasteiger partial charge in [0.1, 0.15) is 19.8 Å². The largest absolute Gasteiger partial charge is 0.756 e. The van der Waals surface area contributed by atoms with E-state index in [2.05, 4.69) is 135 Å². The lowest BCUT2D eigenvalue weighted by Crippen LogP contribution is -2.37. The Balaban J connectivity index is 3.99. The molecule has 0 saturated heterocycles. The molecule has 2 unspecified atom stereocenters. The fraction of sp³-hybridized carbons (Fsp3) is 0.738. The number of rotatable bonds is 72. The molecule has 542 valence electrons. The number of likely N-dealkylation sites (N-methyl/N-ethyl adjacent to an activating group) is 1. The molecule has 0 radical (unpaired) electrons. The number of allylic oxidation sites excluding steroid dienone is 20. The lowest BCUT2D eigenvalue weighted by Gasteiger charge is -2.28. The van der Waals surface area contributed by atoms with Crippen LogP contribution in [0.1, 0.15) is 348 Å². The summed E-state index contributed by atoms with van der Waals surface area (Å²) in [6.07, 6.45) is 106. The molecule has 0 N–H and O–H groups in total. The fourth-order valence-electron chi connectivity index (χ4n) is 11.0. The molecule has 0 saturated carbocycles. The Hall–Kier alpha value is -3.59. The lowest BCUT2D eigenvalue weighted by molar-refractivity contribution is -0.870. The molecule has 0 amide bonds. The van der Waals surface area contributed by atoms with E-state index in [0.29, 0.717) is 17.4 Å². The van der Waals surface area contributed by atoms with E-state index in [1.54, 1.807) is 0 Å². The third-order valence-corrected chi connectivity index (χ3v) is 17.9. The van der Waals surface area contributed by atoms with Crippen molar-refractivity contribution >= 4 is 19.8 Å². The number of carbonyl (C=O) groups is 2. The number of unbranched alkanes of at least 4 members (excludes halogenated alkanes) is 38. The minimum Gasteiger partial charge on any atom is -0.756 e. The standard InChI is InChI=1S/C84H148NO8P/c1-6-8-10-12-14-16-18-20-22-24-26-28-30-32-34-36-38-40-41-42-43-45-47-49-51-53-55-57-59-61-63-65-67-69-71-73-75-77-84(87)93-82(81-92-94(88,89)91-79-78-85(3,4)5)80-90-83(86)76-74-72-70-68-66-64-62-60-58-56-54-52-50-48-46-44-39-37-35-33-31-29-27-25-23-21-19-17-15-13-11-9-7-2/h8,10,14,16,19-22,25-28,31-34,38,40,42-43,82H,6-7,9,11-13,15,17-18,23-24,29-30,35-37,39,41,44-81H2,1-5H3/b10-8-,16-14-,21-19-,22-20-,27-25-,28-26-,33-31-,34-32-,40-38-,43-42-. The van der Waals surface area contributed by atoms with E-state index in [1.807, 2.05) is 21.1 Å². The first kappa shape index (κ1) is 90.4. The number of hydrogen-bond acceptors (Lipinski definition) is 8. The summed E-state index contributed by atoms with van der Waals surface area (Å²) >= 11 is 0. The Kier molecular flexibility index (Phi) is 70.8. The zero-order chi connectivity index (χ0) is 68.3. The van der Waals surface area contributed by atoms with Crippen molar-refractivity contribution in [2.75, 3.05) is 47.5 Å². The molecule has 0 aromatic carbocycles. The van der Waals surface area contributed by atoms with Gasteiger partial charge in [-0.3, -0.25) is 14.2 Å². The van der Waals surface area contributed by atoms with E-state index in [9.17, 15) is 19.0 Å². The van der Waals surface area contributed by atoms with Gasteiger partial charge in [-0.05, 0) is 109 Å². The first-order valence-corrected chi connectivity index (χ1v) is 40.7. The van der Waals surface area contributed by atoms with Crippen LogP contribution in [-0.4, -0.2) is 70.0 Å². The van der Waals surface area contributed by atoms with Crippen LogP contribution in [-0.2, 0) is 32.7 Å². The predicted molar refractivity (Wildman–Crippen MR) is 406 cm³/mol. The number of nitrogens with zero attached hydrogens (tertiary/aromatic N) is 1. The maximum absolute atomic E-state index is 12.9. The van der Waals surface area contributed by atoms with Crippen molar-refractivity contribution < 1.29 is 42.1 Å². The monoisotopic (exact) mass is 1330 g/mol. The van der Waals surface area contributed by atoms with Crippen LogP contribution in [0.25, 0.3) is 0 Å². The third kappa shape index (κ3) is 77.4. The van der Waals surface area contributed by atoms with Crippen molar-refractivity contribution in [2.24, 2.45) is 0 Å². The molecule has 0 aliphatic carbocycles. The van der Waals surface area contributed by atoms with Gasteiger partial charge in [-0.1, -0.05) is 347 Å². The van der Waals surface area contributed by atoms with E-state index >= 15 is 0 Å². The van der Waals surface area contributed by atoms with Crippen molar-refractivity contribution in [3.05, 3.63) is 122 Å². The number of quaternary nitrogens is 1. The van der Waals surface area contributed by atoms with Crippen LogP contribution in [0.15, 0.2) is 122 Å². The average molecular weight is 1330 g/mol. The number of phosphoric ester groups is 1. The smallest absolute Gasteiger partial charge is 0.306 e. The van der Waals surface area contributed by atoms with Gasteiger partial charge >= 0.3 is 11.9 Å². The van der Waals surface area contributed by atoms with Gasteiger partial charge in [-0.15, -0.1) is 0 Å². The summed E-state index contributed by atoms with van der Waals surface area (Å²) in [7, 11) is 1.17. The summed E-state index contributed by atoms with van der Waals surface area (Å²) in [5.74, 6) is -0.824. The summed E-state index contributed by atoms with van der Waals surface area (Å²) in [5.41, 5.74) is 0. The Morgan fingerprint density at radius 1 is 0.340 bits per heavy atom. The molecular weight excluding hydrogens is 1180 g/mol. The Morgan fingerprint density at radius 3 is 0.904 bits per heavy atom. The number of phosphoric acid groups is 1. The lowest BCUT2D eigenvalue weighted by atomic mass is 10.0. The van der Waals surface area contributed by atoms with Gasteiger partial charge in [0, 0.05) is 12.8 Å². The van der Waals surface area contributed by atoms with Crippen molar-refractivity contribution in [3.8, 4) is 0 Å². The summed E-state index contributed by atoms with van der Waals surface area (Å²) in [4.78, 5) is 38.2. The van der Waals surface area contributed by atoms with Gasteiger partial charge < -0.3 is 27.9 Å². The Bertz CT molecular complexity index is 2010. The van der Waals surface area contributed by atoms with Crippen molar-refractivity contribution in [1.82, 2.24) is 0 Å². The third-order valence-electron chi connectivity index (χ3n) is 17.0. The zero-order valence-electron chi connectivity index (χ0n) is 61.9. The maximum atomic E-state index is 12.9. The topological polar surface area (TPSA) is 111 Å². The molecule has 10 heteroatoms. The minimum atomic E-state index is -4.65. The van der Waals surface area contributed by atoms with Gasteiger partial charge in [0.15, 0.2) is 6.10 Å². The van der Waals surface area contributed by atoms with Crippen molar-refractivity contribution in [2.45, 2.75) is 354 Å². The zero-order valence-corrected chi connectivity index (χ0v) is 62.8. The van der Waals surface area contributed by atoms with Crippen molar-refractivity contribution in [3.63, 3.8) is 0 Å². The molecule has 0 bridgehead atoms. The molecule has 0 aliphatic heterocycles. The van der Waals surface area contributed by atoms with Gasteiger partial charge in [0.2, 0.25) is 0 Å². The van der Waals surface area contributed by atoms with Crippen LogP contribution in [0, 0.1) is 0 Å². The molecule has 0 heterocycles. The first-order valence-electron chi connectivity index (χ1n) is 39.2. The SMILES string of the molecule is CC/C=C\C/C=C\C/C=C\C/C=C\C/C=C\C/C=C\C/C=C\CCCCCCCCCCCCCCCCCC(=O)OC(COC(=O)CCCCCCCCCCCCCCCCCCCC/C=C\C/C=C\C/C=C\CCCCCCC)COP(=O)([O-])OCC[N+](C)(C)C. The molecule has 0 spiro atoms. The molecule has 0 fully saturated rings. The quantitative estimate of drug-likeness (QED) is 0.0195. The summed E-state index contributed by atoms with van der Waals surface area (Å²) in [5, 5.41) is 0. The van der Waals surface area contributed by atoms with Gasteiger partial charge in [0.25, 0.3) is 7.82 Å². The second kappa shape index (κ2) is 73.7. The molecular formula is C84H148NO8P. The summed E-state index contributed by atoms with van der Waals surface area (Å²) in [6, 6.07) is 0. The van der Waals surface area contributed by atoms with E-state index in [1.165, 1.54) is 218 Å². The molecule has 0 rings (SSSR count). The Morgan fingerprint density at radius 2 is 0.606 bits per heavy atom. The highest BCUT2D eigenvalue weighted by Gasteiger charge is 2.22. The second-order valence-electron chi connectivity index (χ2n) is 27.3. The molecule has 0 aromatic rings. The summed E-state index contributed by atoms with van der Waals surface area (Å²) in [6.45, 7) is 4.15. The highest BCUT2D eigenvalue weighted by Crippen LogP contribution is 2.38. The summed E-state index contributed by atoms with van der Waals surface area (Å²) < 4.78 is 34.4. The molecule has 94 heavy (non-hydrogen) atoms. The Labute approximate surface area is 581 Å². The number of carbonyl (C=O) groups excluding carboxylic acids is 2. The van der Waals surface area contributed by atoms with Crippen LogP contribution < -0.4 is 4.89 Å². The average Bonchev–Trinajstić information content (AvgIpc) is 1.56. The highest BCUT2D eigenvalue weighted by atomic mass is 31.2. The van der Waals surface area contributed by atoms with Crippen LogP contribution in [0.5, 0.6) is 0 Å². The van der Waals surface area contributed by atoms with Crippen LogP contribution in [0.4, 0.5) is 0 Å². The number of esters is 2. The molecule has 0 aromatic heterocycles. The van der Waals surface area contributed by atoms with E-state index in [-0.39, 0.29) is 32.0 Å². The number of hydrogen-bond donors (Lipinski definition) is 0. The predicted octanol–water partition coefficient (Wildman–Crippen LogP) is 25.5. The second-order valence-corrected chi connectivity index (χ2v) is 28.8. The van der Waals surface area contributed by atoms with Crippen LogP contribution in [0.2, 0.25) is 0 Å². The van der Waals surface area contributed by atoms with Gasteiger partial charge in [-0.2, -0.15) is 0 Å². The minimum absolute atomic E-state index is 0.0334. The van der Waals surface area contributed by atoms with Gasteiger partial charge in [0.05, 0.1) is 27.7 Å². The van der Waals surface area contributed by atoms with E-state index in [4.69, 9.17) is 18.5 Å². The van der Waals surface area contributed by atoms with E-state index in [0.717, 1.165) is 96.3 Å². The first-order chi connectivity index (χ1) is 46.0. The van der Waals surface area contributed by atoms with E-state index < -0.39 is 26.5 Å². The fourth-order valence-corrected chi connectivity index (χ4v) is 11.7.